The van der Waals surface area contributed by atoms with Gasteiger partial charge in [-0.15, -0.1) is 0 Å². The molecular formula is C80H151N2O21P. The second-order valence-corrected chi connectivity index (χ2v) is 31.4. The number of carbonyl (C=O) groups is 5. The highest BCUT2D eigenvalue weighted by molar-refractivity contribution is 7.46. The van der Waals surface area contributed by atoms with E-state index in [0.717, 1.165) is 161 Å². The lowest BCUT2D eigenvalue weighted by atomic mass is 9.95. The van der Waals surface area contributed by atoms with Gasteiger partial charge in [0.15, 0.2) is 24.8 Å². The highest BCUT2D eigenvalue weighted by Crippen LogP contribution is 2.43. The molecule has 0 aliphatic carbocycles. The van der Waals surface area contributed by atoms with Gasteiger partial charge in [-0.05, 0) is 38.5 Å². The van der Waals surface area contributed by atoms with E-state index in [0.29, 0.717) is 44.9 Å². The molecule has 2 saturated heterocycles. The van der Waals surface area contributed by atoms with E-state index >= 15 is 0 Å². The van der Waals surface area contributed by atoms with Crippen LogP contribution in [0.3, 0.4) is 0 Å². The third-order valence-electron chi connectivity index (χ3n) is 20.4. The van der Waals surface area contributed by atoms with Gasteiger partial charge in [0, 0.05) is 6.42 Å². The number of hydrogen-bond acceptors (Lipinski definition) is 19. The summed E-state index contributed by atoms with van der Waals surface area (Å²) in [6.45, 7) is 9.03. The third kappa shape index (κ3) is 48.6. The lowest BCUT2D eigenvalue weighted by Gasteiger charge is -2.46. The summed E-state index contributed by atoms with van der Waals surface area (Å²) >= 11 is 0. The molecule has 23 nitrogen and oxygen atoms in total. The molecule has 0 saturated carbocycles. The van der Waals surface area contributed by atoms with Gasteiger partial charge in [0.2, 0.25) is 11.8 Å². The Bertz CT molecular complexity index is 2180. The first-order valence-electron chi connectivity index (χ1n) is 42.0. The van der Waals surface area contributed by atoms with E-state index in [4.69, 9.17) is 32.9 Å². The van der Waals surface area contributed by atoms with Crippen LogP contribution in [-0.4, -0.2) is 169 Å². The van der Waals surface area contributed by atoms with Crippen molar-refractivity contribution < 1.29 is 102 Å². The summed E-state index contributed by atoms with van der Waals surface area (Å²) in [6, 6.07) is -3.41. The van der Waals surface area contributed by atoms with Crippen LogP contribution in [0.2, 0.25) is 0 Å². The summed E-state index contributed by atoms with van der Waals surface area (Å²) in [5.74, 6) is -4.07. The first kappa shape index (κ1) is 97.2. The summed E-state index contributed by atoms with van der Waals surface area (Å²) in [5.41, 5.74) is 0. The number of ether oxygens (including phenoxy) is 6. The highest BCUT2D eigenvalue weighted by atomic mass is 31.2. The topological polar surface area (TPSA) is 353 Å². The fourth-order valence-corrected chi connectivity index (χ4v) is 14.7. The van der Waals surface area contributed by atoms with Crippen molar-refractivity contribution >= 4 is 37.5 Å². The summed E-state index contributed by atoms with van der Waals surface area (Å²) in [6.07, 6.45) is 26.5. The number of hydrogen-bond donors (Lipinski definition) is 10. The Balaban J connectivity index is 2.58. The molecule has 2 rings (SSSR count). The molecule has 0 radical (unpaired) electrons. The molecule has 2 aliphatic heterocycles. The van der Waals surface area contributed by atoms with Gasteiger partial charge in [0.05, 0.1) is 57.2 Å². The first-order chi connectivity index (χ1) is 50.2. The molecule has 2 amide bonds. The second kappa shape index (κ2) is 62.8. The normalized spacial score (nSPS) is 21.8. The quantitative estimate of drug-likeness (QED) is 0.0117. The van der Waals surface area contributed by atoms with Crippen LogP contribution in [-0.2, 0) is 61.5 Å². The average molecular weight is 1510 g/mol. The van der Waals surface area contributed by atoms with Crippen molar-refractivity contribution in [1.29, 1.82) is 0 Å². The number of phosphoric ester groups is 1. The van der Waals surface area contributed by atoms with Gasteiger partial charge in [-0.3, -0.25) is 28.5 Å². The van der Waals surface area contributed by atoms with Crippen LogP contribution in [0.1, 0.15) is 381 Å². The Kier molecular flexibility index (Phi) is 58.7. The van der Waals surface area contributed by atoms with Gasteiger partial charge in [-0.1, -0.05) is 311 Å². The fraction of sp³-hybridized carbons (Fsp3) is 0.938. The maximum atomic E-state index is 14.8. The molecule has 612 valence electrons. The largest absolute Gasteiger partial charge is 0.470 e. The number of amides is 2. The molecule has 24 heteroatoms. The number of aliphatic hydroxyl groups is 6. The van der Waals surface area contributed by atoms with E-state index in [1.807, 2.05) is 0 Å². The number of nitrogens with one attached hydrogen (secondary N) is 2. The Labute approximate surface area is 627 Å². The molecule has 2 fully saturated rings. The van der Waals surface area contributed by atoms with Crippen molar-refractivity contribution in [3.63, 3.8) is 0 Å². The third-order valence-corrected chi connectivity index (χ3v) is 20.9. The fourth-order valence-electron chi connectivity index (χ4n) is 14.1. The number of rotatable bonds is 69. The van der Waals surface area contributed by atoms with Crippen molar-refractivity contribution in [3.8, 4) is 0 Å². The molecule has 10 N–H and O–H groups in total. The van der Waals surface area contributed by atoms with Gasteiger partial charge in [-0.2, -0.15) is 0 Å². The predicted molar refractivity (Wildman–Crippen MR) is 405 cm³/mol. The van der Waals surface area contributed by atoms with Crippen molar-refractivity contribution in [1.82, 2.24) is 10.6 Å². The van der Waals surface area contributed by atoms with Gasteiger partial charge in [0.25, 0.3) is 0 Å². The molecular weight excluding hydrogens is 1360 g/mol. The van der Waals surface area contributed by atoms with Gasteiger partial charge in [-0.25, -0.2) is 4.57 Å². The Morgan fingerprint density at radius 1 is 0.404 bits per heavy atom. The van der Waals surface area contributed by atoms with Crippen LogP contribution in [0.25, 0.3) is 0 Å². The summed E-state index contributed by atoms with van der Waals surface area (Å²) in [4.78, 5) is 90.8. The van der Waals surface area contributed by atoms with Crippen molar-refractivity contribution in [3.05, 3.63) is 0 Å². The molecule has 0 bridgehead atoms. The first-order valence-corrected chi connectivity index (χ1v) is 43.6. The van der Waals surface area contributed by atoms with Gasteiger partial charge >= 0.3 is 25.7 Å². The molecule has 14 atom stereocenters. The van der Waals surface area contributed by atoms with Crippen LogP contribution in [0.5, 0.6) is 0 Å². The van der Waals surface area contributed by atoms with Gasteiger partial charge < -0.3 is 79.5 Å². The minimum Gasteiger partial charge on any atom is -0.462 e. The van der Waals surface area contributed by atoms with Crippen LogP contribution in [0, 0.1) is 0 Å². The molecule has 2 heterocycles. The van der Waals surface area contributed by atoms with E-state index in [2.05, 4.69) is 45.3 Å². The van der Waals surface area contributed by atoms with Crippen LogP contribution in [0.15, 0.2) is 0 Å². The number of phosphoric acid groups is 1. The monoisotopic (exact) mass is 1510 g/mol. The number of aliphatic hydroxyl groups excluding tert-OH is 6. The maximum absolute atomic E-state index is 14.8. The zero-order valence-corrected chi connectivity index (χ0v) is 66.4. The Morgan fingerprint density at radius 3 is 1.14 bits per heavy atom. The minimum atomic E-state index is -5.55. The molecule has 0 aromatic carbocycles. The molecule has 0 spiro atoms. The molecule has 2 aliphatic rings. The predicted octanol–water partition coefficient (Wildman–Crippen LogP) is 15.2. The molecule has 104 heavy (non-hydrogen) atoms. The molecule has 4 unspecified atom stereocenters. The summed E-state index contributed by atoms with van der Waals surface area (Å²) < 4.78 is 54.4. The Hall–Kier alpha value is -2.90. The lowest BCUT2D eigenvalue weighted by Crippen LogP contribution is -2.68. The van der Waals surface area contributed by atoms with E-state index < -0.39 is 162 Å². The van der Waals surface area contributed by atoms with E-state index in [1.54, 1.807) is 0 Å². The number of esters is 3. The van der Waals surface area contributed by atoms with E-state index in [9.17, 15) is 69.0 Å². The zero-order valence-electron chi connectivity index (χ0n) is 65.5. The smallest absolute Gasteiger partial charge is 0.462 e. The second-order valence-electron chi connectivity index (χ2n) is 30.2. The average Bonchev–Trinajstić information content (AvgIpc) is 0.781. The summed E-state index contributed by atoms with van der Waals surface area (Å²) in [5, 5.41) is 73.5. The zero-order chi connectivity index (χ0) is 76.4. The minimum absolute atomic E-state index is 0.131. The highest BCUT2D eigenvalue weighted by Gasteiger charge is 2.54. The SMILES string of the molecule is CCCCCCCCCCCC(=O)O[C@H](CCCCCCCCCCC)CC(=O)N[C@H]1C(OC(=O)C[C@H](O)CCCCCCCCCCC)[C@H](OP(=O)(O)O)C(CO)O[C@H]1OCC1O[C@H](O)[C@@H](NC(=O)C[C@H](O)CCCCCCCCCCC)C(OC(=O)C[C@H](O)CCCCCCCCCCC)[C@@H]1O. The standard InChI is InChI=1S/C80H151N2O21P/c1-6-11-16-21-26-31-36-41-46-51-62(84)56-68(87)81-73-77(101-71(90)57-63(85)52-47-42-37-32-27-22-17-12-7-2)75(92)67(99-79(73)93)61-97-80-74(78(76(66(60-83)100-80)103-104(94,95)96)102-72(91)58-64(86)53-48-43-38-33-28-23-18-13-8-3)82-69(88)59-65(54-49-44-39-34-29-24-19-14-9-4)98-70(89)55-50-45-40-35-30-25-20-15-10-5/h62-67,73-80,83-86,92-93H,6-61H2,1-5H3,(H,81,87)(H,82,88)(H2,94,95,96)/t62-,63-,64-,65-,66?,67?,73+,74+,75-,76-,77?,78?,79+,80-/m1/s1. The van der Waals surface area contributed by atoms with Crippen LogP contribution in [0.4, 0.5) is 0 Å². The van der Waals surface area contributed by atoms with Crippen molar-refractivity contribution in [2.24, 2.45) is 0 Å². The van der Waals surface area contributed by atoms with E-state index in [-0.39, 0.29) is 19.3 Å². The maximum Gasteiger partial charge on any atom is 0.470 e. The molecule has 0 aromatic heterocycles. The van der Waals surface area contributed by atoms with Crippen molar-refractivity contribution in [2.45, 2.75) is 467 Å². The number of unbranched alkanes of at least 4 members (excludes halogenated alkanes) is 40. The van der Waals surface area contributed by atoms with Crippen molar-refractivity contribution in [2.75, 3.05) is 13.2 Å². The van der Waals surface area contributed by atoms with Crippen LogP contribution < -0.4 is 10.6 Å². The van der Waals surface area contributed by atoms with Gasteiger partial charge in [0.1, 0.15) is 42.6 Å². The number of carbonyl (C=O) groups excluding carboxylic acids is 5. The Morgan fingerprint density at radius 2 is 0.750 bits per heavy atom. The lowest BCUT2D eigenvalue weighted by molar-refractivity contribution is -0.298. The molecule has 0 aromatic rings. The van der Waals surface area contributed by atoms with E-state index in [1.165, 1.54) is 96.3 Å². The van der Waals surface area contributed by atoms with Crippen LogP contribution >= 0.6 is 7.82 Å². The summed E-state index contributed by atoms with van der Waals surface area (Å²) in [7, 11) is -5.55.